The molecule has 0 radical (unpaired) electrons. The van der Waals surface area contributed by atoms with Gasteiger partial charge in [0.05, 0.1) is 6.54 Å². The number of carbonyl (C=O) groups is 1. The number of amides is 1. The van der Waals surface area contributed by atoms with Gasteiger partial charge in [0, 0.05) is 36.5 Å². The van der Waals surface area contributed by atoms with E-state index in [0.29, 0.717) is 18.9 Å². The van der Waals surface area contributed by atoms with E-state index in [4.69, 9.17) is 22.3 Å². The summed E-state index contributed by atoms with van der Waals surface area (Å²) in [5.41, 5.74) is 6.32. The summed E-state index contributed by atoms with van der Waals surface area (Å²) >= 11 is 6.38. The number of benzene rings is 1. The van der Waals surface area contributed by atoms with Gasteiger partial charge in [0.25, 0.3) is 0 Å². The van der Waals surface area contributed by atoms with Crippen LogP contribution in [-0.2, 0) is 10.2 Å². The first-order valence-electron chi connectivity index (χ1n) is 9.40. The third-order valence-corrected chi connectivity index (χ3v) is 5.20. The highest BCUT2D eigenvalue weighted by Crippen LogP contribution is 2.30. The molecule has 3 N–H and O–H groups in total. The van der Waals surface area contributed by atoms with Gasteiger partial charge in [-0.05, 0) is 37.3 Å². The molecule has 1 aromatic carbocycles. The van der Waals surface area contributed by atoms with Crippen LogP contribution in [0.1, 0.15) is 45.6 Å². The molecule has 26 heavy (non-hydrogen) atoms. The first kappa shape index (κ1) is 20.6. The number of nitrogens with zero attached hydrogens (tertiary/aromatic N) is 2. The van der Waals surface area contributed by atoms with Crippen LogP contribution in [0.25, 0.3) is 0 Å². The molecule has 0 aliphatic carbocycles. The Bertz CT molecular complexity index is 644. The molecule has 5 nitrogen and oxygen atoms in total. The summed E-state index contributed by atoms with van der Waals surface area (Å²) in [5, 5.41) is 4.17. The van der Waals surface area contributed by atoms with E-state index in [1.54, 1.807) is 0 Å². The Balaban J connectivity index is 2.13. The van der Waals surface area contributed by atoms with Crippen LogP contribution in [0, 0.1) is 5.92 Å². The fourth-order valence-corrected chi connectivity index (χ4v) is 3.89. The molecule has 1 aliphatic heterocycles. The van der Waals surface area contributed by atoms with E-state index in [-0.39, 0.29) is 11.3 Å². The van der Waals surface area contributed by atoms with E-state index in [1.165, 1.54) is 0 Å². The molecule has 1 atom stereocenters. The summed E-state index contributed by atoms with van der Waals surface area (Å²) in [6, 6.07) is 7.94. The van der Waals surface area contributed by atoms with Crippen molar-refractivity contribution in [2.75, 3.05) is 26.2 Å². The lowest BCUT2D eigenvalue weighted by Crippen LogP contribution is -2.47. The molecule has 2 rings (SSSR count). The smallest absolute Gasteiger partial charge is 0.217 e. The predicted octanol–water partition coefficient (Wildman–Crippen LogP) is 3.17. The number of nitrogens with one attached hydrogen (secondary N) is 1. The van der Waals surface area contributed by atoms with E-state index in [9.17, 15) is 4.79 Å². The summed E-state index contributed by atoms with van der Waals surface area (Å²) in [6.07, 6.45) is 2.54. The molecule has 0 saturated carbocycles. The minimum Gasteiger partial charge on any atom is -0.370 e. The van der Waals surface area contributed by atoms with Crippen LogP contribution in [-0.4, -0.2) is 42.9 Å². The summed E-state index contributed by atoms with van der Waals surface area (Å²) < 4.78 is 0. The molecule has 1 aromatic rings. The molecule has 144 valence electrons. The van der Waals surface area contributed by atoms with Gasteiger partial charge in [-0.25, -0.2) is 0 Å². The number of carbonyl (C=O) groups excluding carboxylic acids is 1. The SMILES string of the molecule is CCNC(=NCC(C)(C)c1ccccc1Cl)N1CCCC(CC(N)=O)C1. The first-order valence-corrected chi connectivity index (χ1v) is 9.78. The third-order valence-electron chi connectivity index (χ3n) is 4.87. The number of likely N-dealkylation sites (tertiary alicyclic amines) is 1. The topological polar surface area (TPSA) is 70.7 Å². The van der Waals surface area contributed by atoms with Gasteiger partial charge in [-0.2, -0.15) is 0 Å². The zero-order valence-corrected chi connectivity index (χ0v) is 16.9. The minimum atomic E-state index is -0.223. The number of aliphatic imine (C=N–C) groups is 1. The Morgan fingerprint density at radius 1 is 1.42 bits per heavy atom. The van der Waals surface area contributed by atoms with E-state index in [0.717, 1.165) is 49.0 Å². The second-order valence-corrected chi connectivity index (χ2v) is 8.07. The maximum absolute atomic E-state index is 11.3. The van der Waals surface area contributed by atoms with E-state index in [2.05, 4.69) is 37.1 Å². The maximum Gasteiger partial charge on any atom is 0.217 e. The fraction of sp³-hybridized carbons (Fsp3) is 0.600. The summed E-state index contributed by atoms with van der Waals surface area (Å²) in [6.45, 7) is 9.60. The zero-order chi connectivity index (χ0) is 19.2. The number of piperidine rings is 1. The van der Waals surface area contributed by atoms with E-state index in [1.807, 2.05) is 18.2 Å². The molecule has 1 fully saturated rings. The first-order chi connectivity index (χ1) is 12.3. The van der Waals surface area contributed by atoms with Gasteiger partial charge in [-0.15, -0.1) is 0 Å². The quantitative estimate of drug-likeness (QED) is 0.590. The van der Waals surface area contributed by atoms with Gasteiger partial charge in [0.2, 0.25) is 5.91 Å². The number of hydrogen-bond donors (Lipinski definition) is 2. The van der Waals surface area contributed by atoms with Crippen molar-refractivity contribution in [1.82, 2.24) is 10.2 Å². The molecule has 1 aliphatic rings. The lowest BCUT2D eigenvalue weighted by molar-refractivity contribution is -0.119. The number of rotatable bonds is 6. The number of guanidine groups is 1. The van der Waals surface area contributed by atoms with Crippen LogP contribution >= 0.6 is 11.6 Å². The molecule has 1 saturated heterocycles. The lowest BCUT2D eigenvalue weighted by Gasteiger charge is -2.35. The van der Waals surface area contributed by atoms with E-state index < -0.39 is 0 Å². The summed E-state index contributed by atoms with van der Waals surface area (Å²) in [7, 11) is 0. The third kappa shape index (κ3) is 5.63. The van der Waals surface area contributed by atoms with Crippen molar-refractivity contribution in [2.45, 2.75) is 45.4 Å². The average molecular weight is 379 g/mol. The van der Waals surface area contributed by atoms with Crippen LogP contribution < -0.4 is 11.1 Å². The Morgan fingerprint density at radius 3 is 2.81 bits per heavy atom. The zero-order valence-electron chi connectivity index (χ0n) is 16.1. The predicted molar refractivity (Wildman–Crippen MR) is 109 cm³/mol. The van der Waals surface area contributed by atoms with Crippen molar-refractivity contribution in [1.29, 1.82) is 0 Å². The fourth-order valence-electron chi connectivity index (χ4n) is 3.50. The summed E-state index contributed by atoms with van der Waals surface area (Å²) in [5.74, 6) is 0.988. The molecule has 0 aromatic heterocycles. The van der Waals surface area contributed by atoms with Gasteiger partial charge < -0.3 is 16.0 Å². The molecule has 0 spiro atoms. The Hall–Kier alpha value is -1.75. The number of nitrogens with two attached hydrogens (primary N) is 1. The average Bonchev–Trinajstić information content (AvgIpc) is 2.58. The molecule has 1 amide bonds. The summed E-state index contributed by atoms with van der Waals surface area (Å²) in [4.78, 5) is 18.4. The highest BCUT2D eigenvalue weighted by Gasteiger charge is 2.26. The van der Waals surface area contributed by atoms with Crippen LogP contribution in [0.15, 0.2) is 29.3 Å². The second kappa shape index (κ2) is 9.26. The van der Waals surface area contributed by atoms with Crippen LogP contribution in [0.3, 0.4) is 0 Å². The van der Waals surface area contributed by atoms with Gasteiger partial charge >= 0.3 is 0 Å². The molecular formula is C20H31ClN4O. The standard InChI is InChI=1S/C20H31ClN4O/c1-4-23-19(25-11-7-8-15(13-25)12-18(22)26)24-14-20(2,3)16-9-5-6-10-17(16)21/h5-6,9-10,15H,4,7-8,11-14H2,1-3H3,(H2,22,26)(H,23,24). The normalized spacial score (nSPS) is 18.7. The molecule has 1 unspecified atom stereocenters. The highest BCUT2D eigenvalue weighted by molar-refractivity contribution is 6.31. The van der Waals surface area contributed by atoms with Crippen LogP contribution in [0.4, 0.5) is 0 Å². The minimum absolute atomic E-state index is 0.165. The van der Waals surface area contributed by atoms with Crippen molar-refractivity contribution in [3.05, 3.63) is 34.9 Å². The maximum atomic E-state index is 11.3. The molecule has 1 heterocycles. The number of hydrogen-bond acceptors (Lipinski definition) is 2. The number of primary amides is 1. The van der Waals surface area contributed by atoms with Gasteiger partial charge in [-0.1, -0.05) is 43.6 Å². The largest absolute Gasteiger partial charge is 0.370 e. The second-order valence-electron chi connectivity index (χ2n) is 7.66. The van der Waals surface area contributed by atoms with Crippen molar-refractivity contribution in [3.63, 3.8) is 0 Å². The van der Waals surface area contributed by atoms with Crippen molar-refractivity contribution >= 4 is 23.5 Å². The van der Waals surface area contributed by atoms with Crippen LogP contribution in [0.2, 0.25) is 5.02 Å². The Kier molecular flexibility index (Phi) is 7.33. The number of halogens is 1. The Labute approximate surface area is 162 Å². The van der Waals surface area contributed by atoms with Crippen molar-refractivity contribution in [2.24, 2.45) is 16.6 Å². The monoisotopic (exact) mass is 378 g/mol. The van der Waals surface area contributed by atoms with Crippen LogP contribution in [0.5, 0.6) is 0 Å². The van der Waals surface area contributed by atoms with Crippen molar-refractivity contribution in [3.8, 4) is 0 Å². The van der Waals surface area contributed by atoms with Gasteiger partial charge in [-0.3, -0.25) is 9.79 Å². The molecule has 0 bridgehead atoms. The van der Waals surface area contributed by atoms with Gasteiger partial charge in [0.1, 0.15) is 0 Å². The molecule has 6 heteroatoms. The van der Waals surface area contributed by atoms with Crippen molar-refractivity contribution < 1.29 is 4.79 Å². The lowest BCUT2D eigenvalue weighted by atomic mass is 9.85. The Morgan fingerprint density at radius 2 is 2.15 bits per heavy atom. The van der Waals surface area contributed by atoms with Gasteiger partial charge in [0.15, 0.2) is 5.96 Å². The molecular weight excluding hydrogens is 348 g/mol. The highest BCUT2D eigenvalue weighted by atomic mass is 35.5. The van der Waals surface area contributed by atoms with E-state index >= 15 is 0 Å².